The van der Waals surface area contributed by atoms with E-state index >= 15 is 0 Å². The molecule has 0 aromatic carbocycles. The number of carbonyl (C=O) groups excluding carboxylic acids is 4. The lowest BCUT2D eigenvalue weighted by Gasteiger charge is -2.33. The Kier molecular flexibility index (Phi) is 10.4. The van der Waals surface area contributed by atoms with Gasteiger partial charge in [-0.25, -0.2) is 9.78 Å². The van der Waals surface area contributed by atoms with E-state index in [9.17, 15) is 19.2 Å². The minimum atomic E-state index is -0.996. The number of carbonyl (C=O) groups is 4. The summed E-state index contributed by atoms with van der Waals surface area (Å²) in [6.45, 7) is 2.94. The van der Waals surface area contributed by atoms with E-state index in [1.54, 1.807) is 6.92 Å². The smallest absolute Gasteiger partial charge is 0.329 e. The van der Waals surface area contributed by atoms with Crippen LogP contribution < -0.4 is 14.8 Å². The van der Waals surface area contributed by atoms with Gasteiger partial charge in [0.15, 0.2) is 11.4 Å². The third-order valence-corrected chi connectivity index (χ3v) is 7.86. The third kappa shape index (κ3) is 7.50. The lowest BCUT2D eigenvalue weighted by molar-refractivity contribution is -0.184. The second-order valence-corrected chi connectivity index (χ2v) is 10.8. The maximum absolute atomic E-state index is 13.3. The van der Waals surface area contributed by atoms with Crippen LogP contribution >= 0.6 is 0 Å². The first kappa shape index (κ1) is 29.8. The largest absolute Gasteiger partial charge is 0.493 e. The molecule has 0 radical (unpaired) electrons. The van der Waals surface area contributed by atoms with E-state index < -0.39 is 42.2 Å². The molecule has 0 spiro atoms. The van der Waals surface area contributed by atoms with Crippen LogP contribution in [0.5, 0.6) is 11.5 Å². The minimum absolute atomic E-state index is 0.0221. The van der Waals surface area contributed by atoms with Gasteiger partial charge in [-0.05, 0) is 51.9 Å². The van der Waals surface area contributed by atoms with Gasteiger partial charge in [0.05, 0.1) is 19.1 Å². The van der Waals surface area contributed by atoms with Crippen molar-refractivity contribution in [1.82, 2.24) is 10.3 Å². The number of methoxy groups -OCH3 is 1. The summed E-state index contributed by atoms with van der Waals surface area (Å²) in [5.74, 6) is -2.29. The molecule has 2 heterocycles. The molecule has 1 aromatic heterocycles. The van der Waals surface area contributed by atoms with Crippen molar-refractivity contribution in [3.8, 4) is 11.5 Å². The summed E-state index contributed by atoms with van der Waals surface area (Å²) < 4.78 is 28.7. The number of pyridine rings is 1. The summed E-state index contributed by atoms with van der Waals surface area (Å²) in [7, 11) is 1.38. The van der Waals surface area contributed by atoms with E-state index in [2.05, 4.69) is 10.3 Å². The highest BCUT2D eigenvalue weighted by Crippen LogP contribution is 2.32. The Morgan fingerprint density at radius 3 is 2.38 bits per heavy atom. The van der Waals surface area contributed by atoms with Crippen molar-refractivity contribution < 1.29 is 42.9 Å². The van der Waals surface area contributed by atoms with Crippen molar-refractivity contribution in [2.24, 2.45) is 5.92 Å². The molecule has 11 nitrogen and oxygen atoms in total. The molecular formula is C29H40N2O9. The molecule has 40 heavy (non-hydrogen) atoms. The zero-order chi connectivity index (χ0) is 28.6. The highest BCUT2D eigenvalue weighted by atomic mass is 16.6. The maximum atomic E-state index is 13.3. The average molecular weight is 561 g/mol. The van der Waals surface area contributed by atoms with Gasteiger partial charge in [0.1, 0.15) is 24.4 Å². The fourth-order valence-electron chi connectivity index (χ4n) is 5.77. The van der Waals surface area contributed by atoms with E-state index in [4.69, 9.17) is 23.7 Å². The molecule has 11 heteroatoms. The predicted molar refractivity (Wildman–Crippen MR) is 142 cm³/mol. The Morgan fingerprint density at radius 1 is 1.00 bits per heavy atom. The lowest BCUT2D eigenvalue weighted by atomic mass is 10.0. The Bertz CT molecular complexity index is 1070. The number of esters is 3. The van der Waals surface area contributed by atoms with Gasteiger partial charge in [-0.15, -0.1) is 0 Å². The van der Waals surface area contributed by atoms with Crippen LogP contribution in [0.15, 0.2) is 12.3 Å². The van der Waals surface area contributed by atoms with Crippen LogP contribution in [0.2, 0.25) is 0 Å². The number of cyclic esters (lactones) is 1. The number of amides is 1. The van der Waals surface area contributed by atoms with Crippen LogP contribution in [-0.2, 0) is 28.6 Å². The molecule has 2 saturated carbocycles. The van der Waals surface area contributed by atoms with Gasteiger partial charge in [0.2, 0.25) is 5.75 Å². The number of nitrogens with zero attached hydrogens (tertiary/aromatic N) is 1. The number of hydrogen-bond donors (Lipinski definition) is 1. The molecule has 4 unspecified atom stereocenters. The van der Waals surface area contributed by atoms with Gasteiger partial charge in [0, 0.05) is 19.2 Å². The van der Waals surface area contributed by atoms with E-state index in [1.165, 1.54) is 26.3 Å². The van der Waals surface area contributed by atoms with Crippen molar-refractivity contribution in [1.29, 1.82) is 0 Å². The second kappa shape index (κ2) is 13.9. The normalized spacial score (nSPS) is 26.2. The van der Waals surface area contributed by atoms with Crippen LogP contribution in [0.1, 0.15) is 95.0 Å². The molecule has 3 fully saturated rings. The van der Waals surface area contributed by atoms with Crippen LogP contribution in [0, 0.1) is 5.92 Å². The Hall–Kier alpha value is -3.21. The predicted octanol–water partition coefficient (Wildman–Crippen LogP) is 3.66. The maximum Gasteiger partial charge on any atom is 0.329 e. The minimum Gasteiger partial charge on any atom is -0.493 e. The van der Waals surface area contributed by atoms with Crippen LogP contribution in [0.4, 0.5) is 0 Å². The van der Waals surface area contributed by atoms with E-state index in [0.29, 0.717) is 12.8 Å². The fourth-order valence-corrected chi connectivity index (χ4v) is 5.77. The molecule has 1 amide bonds. The Morgan fingerprint density at radius 2 is 1.70 bits per heavy atom. The van der Waals surface area contributed by atoms with Crippen molar-refractivity contribution in [3.63, 3.8) is 0 Å². The van der Waals surface area contributed by atoms with Crippen LogP contribution in [0.25, 0.3) is 0 Å². The topological polar surface area (TPSA) is 139 Å². The van der Waals surface area contributed by atoms with Crippen molar-refractivity contribution in [2.75, 3.05) is 7.11 Å². The summed E-state index contributed by atoms with van der Waals surface area (Å²) in [5, 5.41) is 2.68. The molecule has 1 N–H and O–H groups in total. The molecular weight excluding hydrogens is 520 g/mol. The van der Waals surface area contributed by atoms with E-state index in [-0.39, 0.29) is 41.6 Å². The highest BCUT2D eigenvalue weighted by molar-refractivity contribution is 5.98. The van der Waals surface area contributed by atoms with E-state index in [1.807, 2.05) is 0 Å². The molecule has 4 rings (SSSR count). The zero-order valence-electron chi connectivity index (χ0n) is 23.5. The van der Waals surface area contributed by atoms with Gasteiger partial charge in [-0.1, -0.05) is 25.7 Å². The summed E-state index contributed by atoms with van der Waals surface area (Å²) in [6.07, 6.45) is 8.31. The van der Waals surface area contributed by atoms with Gasteiger partial charge in [-0.3, -0.25) is 14.4 Å². The molecule has 3 aliphatic rings. The van der Waals surface area contributed by atoms with Crippen molar-refractivity contribution >= 4 is 23.8 Å². The SMILES string of the molecule is COc1ccnc(C(=O)NC2CCCC(OC(=O)C3CCCC3)C(OC3CCCC3)C(C)OC2=O)c1OC(C)=O. The summed E-state index contributed by atoms with van der Waals surface area (Å²) in [6, 6.07) is 0.465. The molecule has 1 aromatic rings. The number of ether oxygens (including phenoxy) is 5. The first-order chi connectivity index (χ1) is 19.3. The monoisotopic (exact) mass is 560 g/mol. The fraction of sp³-hybridized carbons (Fsp3) is 0.690. The second-order valence-electron chi connectivity index (χ2n) is 10.8. The standard InChI is InChI=1S/C29H40N2O9/c1-17-25(39-20-11-6-7-12-20)23(40-28(34)19-9-4-5-10-19)14-8-13-21(29(35)37-17)31-27(33)24-26(38-18(2)32)22(36-3)15-16-30-24/h15-17,19-21,23,25H,4-14H2,1-3H3,(H,31,33). The first-order valence-electron chi connectivity index (χ1n) is 14.4. The van der Waals surface area contributed by atoms with Crippen LogP contribution in [-0.4, -0.2) is 66.4 Å². The molecule has 4 atom stereocenters. The number of rotatable bonds is 8. The summed E-state index contributed by atoms with van der Waals surface area (Å²) in [5.41, 5.74) is -0.193. The molecule has 0 bridgehead atoms. The molecule has 2 aliphatic carbocycles. The van der Waals surface area contributed by atoms with E-state index in [0.717, 1.165) is 51.4 Å². The molecule has 1 saturated heterocycles. The van der Waals surface area contributed by atoms with Crippen LogP contribution in [0.3, 0.4) is 0 Å². The zero-order valence-corrected chi connectivity index (χ0v) is 23.5. The average Bonchev–Trinajstić information content (AvgIpc) is 3.65. The number of hydrogen-bond acceptors (Lipinski definition) is 10. The quantitative estimate of drug-likeness (QED) is 0.469. The number of nitrogens with one attached hydrogen (secondary N) is 1. The van der Waals surface area contributed by atoms with Crippen molar-refractivity contribution in [3.05, 3.63) is 18.0 Å². The van der Waals surface area contributed by atoms with Gasteiger partial charge in [0.25, 0.3) is 5.91 Å². The molecule has 1 aliphatic heterocycles. The highest BCUT2D eigenvalue weighted by Gasteiger charge is 2.40. The molecule has 220 valence electrons. The lowest BCUT2D eigenvalue weighted by Crippen LogP contribution is -2.47. The van der Waals surface area contributed by atoms with Gasteiger partial charge < -0.3 is 29.0 Å². The number of aromatic nitrogens is 1. The summed E-state index contributed by atoms with van der Waals surface area (Å²) >= 11 is 0. The summed E-state index contributed by atoms with van der Waals surface area (Å²) in [4.78, 5) is 55.2. The van der Waals surface area contributed by atoms with Crippen molar-refractivity contribution in [2.45, 2.75) is 115 Å². The van der Waals surface area contributed by atoms with Gasteiger partial charge in [-0.2, -0.15) is 0 Å². The third-order valence-electron chi connectivity index (χ3n) is 7.86. The first-order valence-corrected chi connectivity index (χ1v) is 14.4. The van der Waals surface area contributed by atoms with Gasteiger partial charge >= 0.3 is 17.9 Å². The Labute approximate surface area is 234 Å². The Balaban J connectivity index is 1.51.